The lowest BCUT2D eigenvalue weighted by molar-refractivity contribution is -0.118. The second-order valence-corrected chi connectivity index (χ2v) is 9.01. The number of thiophene rings is 1. The number of hydrogen-bond donors (Lipinski definition) is 1. The van der Waals surface area contributed by atoms with Gasteiger partial charge in [0.05, 0.1) is 12.3 Å². The monoisotopic (exact) mass is 425 g/mol. The van der Waals surface area contributed by atoms with Crippen molar-refractivity contribution in [1.29, 1.82) is 0 Å². The van der Waals surface area contributed by atoms with Gasteiger partial charge in [0.1, 0.15) is 5.03 Å². The molecule has 4 rings (SSSR count). The van der Waals surface area contributed by atoms with Crippen LogP contribution in [-0.4, -0.2) is 27.8 Å². The first kappa shape index (κ1) is 19.9. The third-order valence-corrected chi connectivity index (χ3v) is 6.89. The molecule has 0 saturated carbocycles. The first-order valence-electron chi connectivity index (χ1n) is 9.79. The minimum atomic E-state index is -0.217. The number of aromatic nitrogens is 2. The summed E-state index contributed by atoms with van der Waals surface area (Å²) in [5, 5.41) is 5.70. The van der Waals surface area contributed by atoms with E-state index in [4.69, 9.17) is 0 Å². The Morgan fingerprint density at radius 2 is 2.03 bits per heavy atom. The van der Waals surface area contributed by atoms with Gasteiger partial charge in [-0.1, -0.05) is 48.2 Å². The van der Waals surface area contributed by atoms with Crippen molar-refractivity contribution in [1.82, 2.24) is 14.9 Å². The lowest BCUT2D eigenvalue weighted by Crippen LogP contribution is -2.29. The van der Waals surface area contributed by atoms with Crippen LogP contribution in [0.2, 0.25) is 0 Å². The second kappa shape index (κ2) is 9.41. The van der Waals surface area contributed by atoms with Gasteiger partial charge in [0.25, 0.3) is 0 Å². The maximum atomic E-state index is 12.6. The molecule has 1 aliphatic rings. The van der Waals surface area contributed by atoms with Crippen molar-refractivity contribution < 1.29 is 4.79 Å². The van der Waals surface area contributed by atoms with Crippen LogP contribution in [0.4, 0.5) is 0 Å². The summed E-state index contributed by atoms with van der Waals surface area (Å²) in [5.74, 6) is 0.255. The van der Waals surface area contributed by atoms with E-state index in [1.165, 1.54) is 17.3 Å². The number of amides is 1. The van der Waals surface area contributed by atoms with Gasteiger partial charge in [-0.05, 0) is 42.7 Å². The number of carbonyl (C=O) groups excluding carboxylic acids is 1. The molecule has 29 heavy (non-hydrogen) atoms. The predicted molar refractivity (Wildman–Crippen MR) is 118 cm³/mol. The van der Waals surface area contributed by atoms with E-state index in [1.807, 2.05) is 35.7 Å². The summed E-state index contributed by atoms with van der Waals surface area (Å²) >= 11 is 3.03. The molecule has 0 radical (unpaired) electrons. The molecule has 0 bridgehead atoms. The number of nitrogens with zero attached hydrogens (tertiary/aromatic N) is 2. The van der Waals surface area contributed by atoms with Gasteiger partial charge < -0.3 is 5.32 Å². The Morgan fingerprint density at radius 3 is 2.83 bits per heavy atom. The molecule has 0 saturated heterocycles. The summed E-state index contributed by atoms with van der Waals surface area (Å²) in [6, 6.07) is 14.1. The normalized spacial score (nSPS) is 12.7. The fourth-order valence-electron chi connectivity index (χ4n) is 3.60. The molecule has 1 N–H and O–H groups in total. The Bertz CT molecular complexity index is 1030. The molecule has 0 spiro atoms. The van der Waals surface area contributed by atoms with Crippen molar-refractivity contribution in [3.63, 3.8) is 0 Å². The van der Waals surface area contributed by atoms with Crippen LogP contribution in [0, 0.1) is 0 Å². The summed E-state index contributed by atoms with van der Waals surface area (Å²) in [6.07, 6.45) is 3.66. The largest absolute Gasteiger partial charge is 0.355 e. The summed E-state index contributed by atoms with van der Waals surface area (Å²) in [7, 11) is 0. The van der Waals surface area contributed by atoms with Crippen molar-refractivity contribution >= 4 is 29.0 Å². The molecule has 2 heterocycles. The standard InChI is InChI=1S/C22H23N3O2S2/c26-20(23-12-11-16-6-2-1-3-7-16)15-29-21-18-9-4-10-19(18)25(22(27)24-21)14-17-8-5-13-28-17/h1-3,5-8,13H,4,9-12,14-15H2,(H,23,26). The van der Waals surface area contributed by atoms with Gasteiger partial charge in [-0.15, -0.1) is 11.3 Å². The first-order valence-corrected chi connectivity index (χ1v) is 11.7. The van der Waals surface area contributed by atoms with E-state index >= 15 is 0 Å². The highest BCUT2D eigenvalue weighted by atomic mass is 32.2. The number of fused-ring (bicyclic) bond motifs is 1. The molecular formula is C22H23N3O2S2. The lowest BCUT2D eigenvalue weighted by atomic mass is 10.1. The number of benzene rings is 1. The Kier molecular flexibility index (Phi) is 6.46. The zero-order valence-corrected chi connectivity index (χ0v) is 17.7. The zero-order chi connectivity index (χ0) is 20.1. The van der Waals surface area contributed by atoms with Crippen molar-refractivity contribution in [2.75, 3.05) is 12.3 Å². The molecule has 1 amide bonds. The highest BCUT2D eigenvalue weighted by molar-refractivity contribution is 7.99. The Balaban J connectivity index is 1.37. The third kappa shape index (κ3) is 4.97. The number of thioether (sulfide) groups is 1. The van der Waals surface area contributed by atoms with Crippen LogP contribution < -0.4 is 11.0 Å². The first-order chi connectivity index (χ1) is 14.2. The smallest absolute Gasteiger partial charge is 0.349 e. The van der Waals surface area contributed by atoms with Crippen LogP contribution in [-0.2, 0) is 30.6 Å². The van der Waals surface area contributed by atoms with Gasteiger partial charge >= 0.3 is 5.69 Å². The topological polar surface area (TPSA) is 64.0 Å². The van der Waals surface area contributed by atoms with E-state index in [1.54, 1.807) is 15.9 Å². The second-order valence-electron chi connectivity index (χ2n) is 7.02. The van der Waals surface area contributed by atoms with Crippen molar-refractivity contribution in [2.45, 2.75) is 37.3 Å². The van der Waals surface area contributed by atoms with Crippen molar-refractivity contribution in [3.8, 4) is 0 Å². The van der Waals surface area contributed by atoms with E-state index in [0.717, 1.165) is 46.8 Å². The van der Waals surface area contributed by atoms with E-state index in [0.29, 0.717) is 13.1 Å². The Labute approximate surface area is 178 Å². The molecule has 0 unspecified atom stereocenters. The molecule has 2 aromatic heterocycles. The van der Waals surface area contributed by atoms with Crippen molar-refractivity contribution in [2.24, 2.45) is 0 Å². The molecular weight excluding hydrogens is 402 g/mol. The molecule has 1 aromatic carbocycles. The van der Waals surface area contributed by atoms with Gasteiger partial charge in [-0.2, -0.15) is 4.98 Å². The van der Waals surface area contributed by atoms with E-state index < -0.39 is 0 Å². The highest BCUT2D eigenvalue weighted by Gasteiger charge is 2.22. The summed E-state index contributed by atoms with van der Waals surface area (Å²) in [5.41, 5.74) is 3.22. The molecule has 150 valence electrons. The molecule has 3 aromatic rings. The van der Waals surface area contributed by atoms with Crippen LogP contribution in [0.5, 0.6) is 0 Å². The van der Waals surface area contributed by atoms with Crippen LogP contribution in [0.25, 0.3) is 0 Å². The number of nitrogens with one attached hydrogen (secondary N) is 1. The number of rotatable bonds is 8. The average molecular weight is 426 g/mol. The van der Waals surface area contributed by atoms with E-state index in [9.17, 15) is 9.59 Å². The molecule has 1 aliphatic carbocycles. The number of hydrogen-bond acceptors (Lipinski definition) is 5. The maximum Gasteiger partial charge on any atom is 0.349 e. The molecule has 0 aliphatic heterocycles. The van der Waals surface area contributed by atoms with E-state index in [2.05, 4.69) is 22.4 Å². The average Bonchev–Trinajstić information content (AvgIpc) is 3.41. The Morgan fingerprint density at radius 1 is 1.17 bits per heavy atom. The van der Waals surface area contributed by atoms with Gasteiger partial charge in [0.2, 0.25) is 5.91 Å². The predicted octanol–water partition coefficient (Wildman–Crippen LogP) is 3.29. The van der Waals surface area contributed by atoms with Gasteiger partial charge in [0.15, 0.2) is 0 Å². The molecule has 0 fully saturated rings. The SMILES string of the molecule is O=C(CSc1nc(=O)n(Cc2cccs2)c2c1CCC2)NCCc1ccccc1. The molecule has 0 atom stereocenters. The zero-order valence-electron chi connectivity index (χ0n) is 16.1. The fourth-order valence-corrected chi connectivity index (χ4v) is 5.20. The summed E-state index contributed by atoms with van der Waals surface area (Å²) in [6.45, 7) is 1.19. The van der Waals surface area contributed by atoms with Crippen LogP contribution in [0.3, 0.4) is 0 Å². The fraction of sp³-hybridized carbons (Fsp3) is 0.318. The van der Waals surface area contributed by atoms with Gasteiger partial charge in [-0.25, -0.2) is 4.79 Å². The molecule has 5 nitrogen and oxygen atoms in total. The van der Waals surface area contributed by atoms with Crippen LogP contribution in [0.1, 0.15) is 28.1 Å². The van der Waals surface area contributed by atoms with Crippen molar-refractivity contribution in [3.05, 3.63) is 80.0 Å². The van der Waals surface area contributed by atoms with Gasteiger partial charge in [-0.3, -0.25) is 9.36 Å². The van der Waals surface area contributed by atoms with Gasteiger partial charge in [0, 0.05) is 22.7 Å². The quantitative estimate of drug-likeness (QED) is 0.444. The highest BCUT2D eigenvalue weighted by Crippen LogP contribution is 2.29. The van der Waals surface area contributed by atoms with Crippen LogP contribution in [0.15, 0.2) is 57.7 Å². The minimum Gasteiger partial charge on any atom is -0.355 e. The van der Waals surface area contributed by atoms with Crippen LogP contribution >= 0.6 is 23.1 Å². The maximum absolute atomic E-state index is 12.6. The third-order valence-electron chi connectivity index (χ3n) is 5.01. The summed E-state index contributed by atoms with van der Waals surface area (Å²) < 4.78 is 1.80. The Hall–Kier alpha value is -2.38. The summed E-state index contributed by atoms with van der Waals surface area (Å²) in [4.78, 5) is 30.3. The molecule has 7 heteroatoms. The lowest BCUT2D eigenvalue weighted by Gasteiger charge is -2.13. The number of carbonyl (C=O) groups is 1. The van der Waals surface area contributed by atoms with E-state index in [-0.39, 0.29) is 17.3 Å². The minimum absolute atomic E-state index is 0.0257.